The number of benzene rings is 2. The molecule has 2 aliphatic rings. The smallest absolute Gasteiger partial charge is 0.246 e. The van der Waals surface area contributed by atoms with E-state index < -0.39 is 21.9 Å². The Morgan fingerprint density at radius 3 is 2.16 bits per heavy atom. The van der Waals surface area contributed by atoms with Gasteiger partial charge in [0.05, 0.1) is 4.90 Å². The molecule has 164 valence electrons. The zero-order chi connectivity index (χ0) is 22.3. The molecule has 1 heterocycles. The Labute approximate surface area is 183 Å². The van der Waals surface area contributed by atoms with Gasteiger partial charge in [0, 0.05) is 12.8 Å². The molecule has 2 atom stereocenters. The lowest BCUT2D eigenvalue weighted by atomic mass is 9.89. The highest BCUT2D eigenvalue weighted by Crippen LogP contribution is 2.32. The minimum absolute atomic E-state index is 0.00499. The molecule has 2 amide bonds. The molecule has 6 nitrogen and oxygen atoms in total. The third-order valence-electron chi connectivity index (χ3n) is 6.35. The molecule has 1 N–H and O–H groups in total. The monoisotopic (exact) mass is 440 g/mol. The molecule has 1 aliphatic heterocycles. The summed E-state index contributed by atoms with van der Waals surface area (Å²) < 4.78 is 24.5. The molecule has 4 rings (SSSR count). The molecule has 0 aromatic heterocycles. The average Bonchev–Trinajstić information content (AvgIpc) is 3.13. The first-order chi connectivity index (χ1) is 14.7. The van der Waals surface area contributed by atoms with Crippen molar-refractivity contribution in [1.82, 2.24) is 10.2 Å². The highest BCUT2D eigenvalue weighted by Gasteiger charge is 2.46. The van der Waals surface area contributed by atoms with Crippen LogP contribution in [0, 0.1) is 11.8 Å². The number of hydrogen-bond donors (Lipinski definition) is 1. The van der Waals surface area contributed by atoms with E-state index in [-0.39, 0.29) is 35.1 Å². The van der Waals surface area contributed by atoms with E-state index in [1.54, 1.807) is 29.2 Å². The molecule has 0 bridgehead atoms. The number of fused-ring (bicyclic) bond motifs is 1. The van der Waals surface area contributed by atoms with E-state index in [2.05, 4.69) is 17.4 Å². The second-order valence-electron chi connectivity index (χ2n) is 8.96. The van der Waals surface area contributed by atoms with Crippen molar-refractivity contribution in [2.45, 2.75) is 50.2 Å². The minimum Gasteiger partial charge on any atom is -0.342 e. The summed E-state index contributed by atoms with van der Waals surface area (Å²) in [7, 11) is -3.46. The normalized spacial score (nSPS) is 22.0. The highest BCUT2D eigenvalue weighted by molar-refractivity contribution is 7.90. The number of nitrogens with zero attached hydrogens (tertiary/aromatic N) is 1. The fourth-order valence-electron chi connectivity index (χ4n) is 4.92. The maximum Gasteiger partial charge on any atom is 0.246 e. The third-order valence-corrected chi connectivity index (χ3v) is 7.55. The average molecular weight is 441 g/mol. The SMILES string of the molecule is CC(C)[C@@H]1C(=O)N[C@H](C2Cc3ccccc3C2)C(=O)N1Cc1ccccc1S(C)(=O)=O. The number of rotatable bonds is 5. The van der Waals surface area contributed by atoms with Crippen molar-refractivity contribution in [1.29, 1.82) is 0 Å². The molecule has 1 saturated heterocycles. The lowest BCUT2D eigenvalue weighted by molar-refractivity contribution is -0.153. The van der Waals surface area contributed by atoms with Crippen LogP contribution < -0.4 is 5.32 Å². The maximum atomic E-state index is 13.7. The van der Waals surface area contributed by atoms with Crippen molar-refractivity contribution in [2.75, 3.05) is 6.26 Å². The fraction of sp³-hybridized carbons (Fsp3) is 0.417. The van der Waals surface area contributed by atoms with Crippen molar-refractivity contribution < 1.29 is 18.0 Å². The summed E-state index contributed by atoms with van der Waals surface area (Å²) in [5.41, 5.74) is 2.97. The molecule has 0 unspecified atom stereocenters. The first-order valence-corrected chi connectivity index (χ1v) is 12.5. The van der Waals surface area contributed by atoms with Gasteiger partial charge in [-0.3, -0.25) is 9.59 Å². The second-order valence-corrected chi connectivity index (χ2v) is 10.9. The zero-order valence-electron chi connectivity index (χ0n) is 18.0. The molecule has 0 spiro atoms. The summed E-state index contributed by atoms with van der Waals surface area (Å²) in [5, 5.41) is 2.99. The lowest BCUT2D eigenvalue weighted by Crippen LogP contribution is -2.66. The molecule has 31 heavy (non-hydrogen) atoms. The number of amides is 2. The van der Waals surface area contributed by atoms with Crippen LogP contribution in [0.4, 0.5) is 0 Å². The van der Waals surface area contributed by atoms with Crippen LogP contribution in [0.1, 0.15) is 30.5 Å². The van der Waals surface area contributed by atoms with Gasteiger partial charge in [-0.15, -0.1) is 0 Å². The standard InChI is InChI=1S/C24H28N2O4S/c1-15(2)22-23(27)25-21(19-12-16-8-4-5-9-17(16)13-19)24(28)26(22)14-18-10-6-7-11-20(18)31(3,29)30/h4-11,15,19,21-22H,12-14H2,1-3H3,(H,25,27)/t21-,22-/m1/s1. The predicted octanol–water partition coefficient (Wildman–Crippen LogP) is 2.36. The summed E-state index contributed by atoms with van der Waals surface area (Å²) in [4.78, 5) is 28.5. The van der Waals surface area contributed by atoms with Gasteiger partial charge in [-0.1, -0.05) is 56.3 Å². The van der Waals surface area contributed by atoms with Crippen LogP contribution in [0.25, 0.3) is 0 Å². The summed E-state index contributed by atoms with van der Waals surface area (Å²) in [6.07, 6.45) is 2.65. The molecular weight excluding hydrogens is 412 g/mol. The number of hydrogen-bond acceptors (Lipinski definition) is 4. The number of nitrogens with one attached hydrogen (secondary N) is 1. The summed E-state index contributed by atoms with van der Waals surface area (Å²) in [6, 6.07) is 13.6. The summed E-state index contributed by atoms with van der Waals surface area (Å²) >= 11 is 0. The second kappa shape index (κ2) is 8.11. The predicted molar refractivity (Wildman–Crippen MR) is 118 cm³/mol. The van der Waals surface area contributed by atoms with Crippen molar-refractivity contribution in [3.63, 3.8) is 0 Å². The molecule has 2 aromatic rings. The van der Waals surface area contributed by atoms with Crippen LogP contribution >= 0.6 is 0 Å². The highest BCUT2D eigenvalue weighted by atomic mass is 32.2. The van der Waals surface area contributed by atoms with E-state index >= 15 is 0 Å². The first-order valence-electron chi connectivity index (χ1n) is 10.6. The van der Waals surface area contributed by atoms with E-state index in [1.165, 1.54) is 11.1 Å². The van der Waals surface area contributed by atoms with Crippen LogP contribution in [0.15, 0.2) is 53.4 Å². The van der Waals surface area contributed by atoms with Crippen molar-refractivity contribution in [2.24, 2.45) is 11.8 Å². The molecule has 7 heteroatoms. The fourth-order valence-corrected chi connectivity index (χ4v) is 5.86. The van der Waals surface area contributed by atoms with Crippen molar-refractivity contribution >= 4 is 21.7 Å². The van der Waals surface area contributed by atoms with Gasteiger partial charge in [0.15, 0.2) is 9.84 Å². The number of sulfone groups is 1. The Morgan fingerprint density at radius 2 is 1.58 bits per heavy atom. The molecular formula is C24H28N2O4S. The number of piperazine rings is 1. The van der Waals surface area contributed by atoms with Crippen LogP contribution in [-0.4, -0.2) is 43.5 Å². The quantitative estimate of drug-likeness (QED) is 0.774. The molecule has 2 aromatic carbocycles. The van der Waals surface area contributed by atoms with E-state index in [9.17, 15) is 18.0 Å². The molecule has 0 radical (unpaired) electrons. The molecule has 1 aliphatic carbocycles. The van der Waals surface area contributed by atoms with Crippen LogP contribution in [0.3, 0.4) is 0 Å². The Bertz CT molecular complexity index is 1100. The van der Waals surface area contributed by atoms with E-state index in [1.807, 2.05) is 26.0 Å². The largest absolute Gasteiger partial charge is 0.342 e. The van der Waals surface area contributed by atoms with Gasteiger partial charge in [0.2, 0.25) is 11.8 Å². The van der Waals surface area contributed by atoms with Crippen LogP contribution in [0.2, 0.25) is 0 Å². The Hall–Kier alpha value is -2.67. The van der Waals surface area contributed by atoms with Gasteiger partial charge < -0.3 is 10.2 Å². The lowest BCUT2D eigenvalue weighted by Gasteiger charge is -2.42. The van der Waals surface area contributed by atoms with Crippen LogP contribution in [0.5, 0.6) is 0 Å². The van der Waals surface area contributed by atoms with Gasteiger partial charge in [-0.05, 0) is 47.4 Å². The third kappa shape index (κ3) is 4.11. The number of carbonyl (C=O) groups excluding carboxylic acids is 2. The van der Waals surface area contributed by atoms with E-state index in [0.717, 1.165) is 19.1 Å². The zero-order valence-corrected chi connectivity index (χ0v) is 18.9. The Morgan fingerprint density at radius 1 is 1.00 bits per heavy atom. The Balaban J connectivity index is 1.66. The number of carbonyl (C=O) groups is 2. The van der Waals surface area contributed by atoms with E-state index in [4.69, 9.17) is 0 Å². The Kier molecular flexibility index (Phi) is 5.64. The first kappa shape index (κ1) is 21.6. The molecule has 0 saturated carbocycles. The maximum absolute atomic E-state index is 13.7. The van der Waals surface area contributed by atoms with Crippen LogP contribution in [-0.2, 0) is 38.8 Å². The molecule has 1 fully saturated rings. The summed E-state index contributed by atoms with van der Waals surface area (Å²) in [5.74, 6) is -0.419. The van der Waals surface area contributed by atoms with E-state index in [0.29, 0.717) is 5.56 Å². The van der Waals surface area contributed by atoms with Gasteiger partial charge in [0.1, 0.15) is 12.1 Å². The summed E-state index contributed by atoms with van der Waals surface area (Å²) in [6.45, 7) is 3.89. The minimum atomic E-state index is -3.46. The van der Waals surface area contributed by atoms with Gasteiger partial charge in [-0.25, -0.2) is 8.42 Å². The topological polar surface area (TPSA) is 83.6 Å². The van der Waals surface area contributed by atoms with Crippen molar-refractivity contribution in [3.8, 4) is 0 Å². The van der Waals surface area contributed by atoms with Gasteiger partial charge in [0.25, 0.3) is 0 Å². The van der Waals surface area contributed by atoms with Gasteiger partial charge in [-0.2, -0.15) is 0 Å². The van der Waals surface area contributed by atoms with Gasteiger partial charge >= 0.3 is 0 Å². The van der Waals surface area contributed by atoms with Crippen molar-refractivity contribution in [3.05, 3.63) is 65.2 Å².